The fourth-order valence-corrected chi connectivity index (χ4v) is 2.00. The maximum absolute atomic E-state index is 13.3. The van der Waals surface area contributed by atoms with Crippen molar-refractivity contribution < 1.29 is 19.1 Å². The first kappa shape index (κ1) is 13.3. The molecule has 0 radical (unpaired) electrons. The van der Waals surface area contributed by atoms with Gasteiger partial charge in [0, 0.05) is 12.1 Å². The van der Waals surface area contributed by atoms with Crippen molar-refractivity contribution in [2.75, 3.05) is 0 Å². The molecule has 0 bridgehead atoms. The summed E-state index contributed by atoms with van der Waals surface area (Å²) in [5, 5.41) is 14.0. The summed E-state index contributed by atoms with van der Waals surface area (Å²) in [6.45, 7) is 0.0220. The molecule has 1 fully saturated rings. The maximum Gasteiger partial charge on any atom is 0.329 e. The molecule has 0 atom stereocenters. The van der Waals surface area contributed by atoms with Gasteiger partial charge in [-0.2, -0.15) is 0 Å². The summed E-state index contributed by atoms with van der Waals surface area (Å²) in [5.74, 6) is -1.43. The predicted molar refractivity (Wildman–Crippen MR) is 66.0 cm³/mol. The zero-order chi connectivity index (χ0) is 13.9. The lowest BCUT2D eigenvalue weighted by atomic mass is 9.77. The maximum atomic E-state index is 13.3. The van der Waals surface area contributed by atoms with Gasteiger partial charge < -0.3 is 15.7 Å². The first-order chi connectivity index (χ1) is 9.03. The van der Waals surface area contributed by atoms with Gasteiger partial charge in [0.25, 0.3) is 0 Å². The van der Waals surface area contributed by atoms with Crippen molar-refractivity contribution in [3.8, 4) is 0 Å². The molecule has 3 N–H and O–H groups in total. The number of carboxylic acid groups (broad SMARTS) is 1. The van der Waals surface area contributed by atoms with Crippen molar-refractivity contribution in [3.63, 3.8) is 0 Å². The number of amides is 2. The smallest absolute Gasteiger partial charge is 0.329 e. The highest BCUT2D eigenvalue weighted by molar-refractivity contribution is 5.87. The van der Waals surface area contributed by atoms with E-state index in [1.165, 1.54) is 6.07 Å². The number of halogens is 1. The third-order valence-electron chi connectivity index (χ3n) is 3.37. The van der Waals surface area contributed by atoms with Crippen molar-refractivity contribution in [3.05, 3.63) is 35.6 Å². The molecule has 0 aromatic heterocycles. The Morgan fingerprint density at radius 1 is 1.32 bits per heavy atom. The first-order valence-electron chi connectivity index (χ1n) is 6.06. The second kappa shape index (κ2) is 5.26. The van der Waals surface area contributed by atoms with Gasteiger partial charge in [0.15, 0.2) is 0 Å². The highest BCUT2D eigenvalue weighted by Crippen LogP contribution is 2.31. The Kier molecular flexibility index (Phi) is 3.69. The van der Waals surface area contributed by atoms with Crippen molar-refractivity contribution in [2.45, 2.75) is 31.3 Å². The van der Waals surface area contributed by atoms with E-state index in [-0.39, 0.29) is 6.54 Å². The van der Waals surface area contributed by atoms with Gasteiger partial charge >= 0.3 is 12.0 Å². The molecule has 0 heterocycles. The van der Waals surface area contributed by atoms with Crippen LogP contribution in [0.3, 0.4) is 0 Å². The molecule has 6 heteroatoms. The Balaban J connectivity index is 1.89. The molecule has 0 saturated heterocycles. The van der Waals surface area contributed by atoms with Crippen LogP contribution < -0.4 is 10.6 Å². The fraction of sp³-hybridized carbons (Fsp3) is 0.385. The molecule has 1 aromatic rings. The number of aliphatic carboxylic acids is 1. The molecule has 5 nitrogen and oxygen atoms in total. The van der Waals surface area contributed by atoms with Crippen LogP contribution in [0.4, 0.5) is 9.18 Å². The fourth-order valence-electron chi connectivity index (χ4n) is 2.00. The van der Waals surface area contributed by atoms with Crippen LogP contribution in [0.15, 0.2) is 24.3 Å². The number of hydrogen-bond donors (Lipinski definition) is 3. The van der Waals surface area contributed by atoms with Crippen LogP contribution in [-0.4, -0.2) is 22.6 Å². The summed E-state index contributed by atoms with van der Waals surface area (Å²) in [6, 6.07) is 5.51. The van der Waals surface area contributed by atoms with Crippen molar-refractivity contribution in [2.24, 2.45) is 0 Å². The first-order valence-corrected chi connectivity index (χ1v) is 6.06. The van der Waals surface area contributed by atoms with Crippen LogP contribution in [0.1, 0.15) is 24.8 Å². The highest BCUT2D eigenvalue weighted by Gasteiger charge is 2.45. The van der Waals surface area contributed by atoms with E-state index in [0.29, 0.717) is 18.4 Å². The van der Waals surface area contributed by atoms with E-state index in [1.54, 1.807) is 18.2 Å². The lowest BCUT2D eigenvalue weighted by molar-refractivity contribution is -0.148. The minimum absolute atomic E-state index is 0.0220. The van der Waals surface area contributed by atoms with E-state index in [4.69, 9.17) is 5.11 Å². The van der Waals surface area contributed by atoms with Gasteiger partial charge in [-0.25, -0.2) is 14.0 Å². The number of nitrogens with one attached hydrogen (secondary N) is 2. The van der Waals surface area contributed by atoms with Crippen molar-refractivity contribution in [1.82, 2.24) is 10.6 Å². The summed E-state index contributed by atoms with van der Waals surface area (Å²) < 4.78 is 13.3. The van der Waals surface area contributed by atoms with Gasteiger partial charge in [0.2, 0.25) is 0 Å². The van der Waals surface area contributed by atoms with E-state index in [9.17, 15) is 14.0 Å². The number of carboxylic acids is 1. The number of carbonyl (C=O) groups is 2. The Labute approximate surface area is 109 Å². The molecule has 1 aliphatic rings. The van der Waals surface area contributed by atoms with Crippen LogP contribution in [0.2, 0.25) is 0 Å². The number of urea groups is 1. The monoisotopic (exact) mass is 266 g/mol. The summed E-state index contributed by atoms with van der Waals surface area (Å²) in [5.41, 5.74) is -0.796. The molecule has 2 rings (SSSR count). The van der Waals surface area contributed by atoms with E-state index >= 15 is 0 Å². The van der Waals surface area contributed by atoms with E-state index in [0.717, 1.165) is 6.42 Å². The molecular weight excluding hydrogens is 251 g/mol. The lowest BCUT2D eigenvalue weighted by Gasteiger charge is -2.38. The summed E-state index contributed by atoms with van der Waals surface area (Å²) in [4.78, 5) is 22.7. The molecule has 0 unspecified atom stereocenters. The van der Waals surface area contributed by atoms with Crippen LogP contribution >= 0.6 is 0 Å². The van der Waals surface area contributed by atoms with Crippen molar-refractivity contribution >= 4 is 12.0 Å². The Bertz CT molecular complexity index is 500. The molecule has 19 heavy (non-hydrogen) atoms. The minimum atomic E-state index is -1.15. The molecule has 0 aliphatic heterocycles. The molecule has 0 spiro atoms. The minimum Gasteiger partial charge on any atom is -0.480 e. The summed E-state index contributed by atoms with van der Waals surface area (Å²) in [6.07, 6.45) is 1.63. The van der Waals surface area contributed by atoms with Crippen LogP contribution in [-0.2, 0) is 11.3 Å². The van der Waals surface area contributed by atoms with Crippen LogP contribution in [0.25, 0.3) is 0 Å². The predicted octanol–water partition coefficient (Wildman–Crippen LogP) is 1.63. The summed E-state index contributed by atoms with van der Waals surface area (Å²) in [7, 11) is 0. The normalized spacial score (nSPS) is 16.3. The molecule has 1 aromatic carbocycles. The second-order valence-corrected chi connectivity index (χ2v) is 4.64. The topological polar surface area (TPSA) is 78.4 Å². The van der Waals surface area contributed by atoms with Gasteiger partial charge in [-0.3, -0.25) is 0 Å². The molecule has 1 saturated carbocycles. The zero-order valence-electron chi connectivity index (χ0n) is 10.3. The summed E-state index contributed by atoms with van der Waals surface area (Å²) >= 11 is 0. The SMILES string of the molecule is O=C(NCc1ccccc1F)NC1(C(=O)O)CCC1. The van der Waals surface area contributed by atoms with E-state index < -0.39 is 23.4 Å². The van der Waals surface area contributed by atoms with Gasteiger partial charge in [-0.05, 0) is 25.3 Å². The standard InChI is InChI=1S/C13H15FN2O3/c14-10-5-2-1-4-9(10)8-15-12(19)16-13(11(17)18)6-3-7-13/h1-2,4-5H,3,6-8H2,(H,17,18)(H2,15,16,19). The average Bonchev–Trinajstić information content (AvgIpc) is 2.32. The zero-order valence-corrected chi connectivity index (χ0v) is 10.3. The largest absolute Gasteiger partial charge is 0.480 e. The van der Waals surface area contributed by atoms with Gasteiger partial charge in [-0.1, -0.05) is 18.2 Å². The van der Waals surface area contributed by atoms with Crippen LogP contribution in [0.5, 0.6) is 0 Å². The molecule has 2 amide bonds. The number of hydrogen-bond acceptors (Lipinski definition) is 2. The lowest BCUT2D eigenvalue weighted by Crippen LogP contribution is -2.61. The van der Waals surface area contributed by atoms with Crippen LogP contribution in [0, 0.1) is 5.82 Å². The third-order valence-corrected chi connectivity index (χ3v) is 3.37. The number of rotatable bonds is 4. The number of carbonyl (C=O) groups excluding carboxylic acids is 1. The Morgan fingerprint density at radius 3 is 2.53 bits per heavy atom. The second-order valence-electron chi connectivity index (χ2n) is 4.64. The molecule has 102 valence electrons. The Morgan fingerprint density at radius 2 is 2.00 bits per heavy atom. The highest BCUT2D eigenvalue weighted by atomic mass is 19.1. The van der Waals surface area contributed by atoms with Crippen molar-refractivity contribution in [1.29, 1.82) is 0 Å². The third kappa shape index (κ3) is 2.83. The quantitative estimate of drug-likeness (QED) is 0.775. The van der Waals surface area contributed by atoms with E-state index in [1.807, 2.05) is 0 Å². The number of benzene rings is 1. The van der Waals surface area contributed by atoms with Gasteiger partial charge in [0.05, 0.1) is 0 Å². The Hall–Kier alpha value is -2.11. The van der Waals surface area contributed by atoms with Gasteiger partial charge in [-0.15, -0.1) is 0 Å². The molecule has 1 aliphatic carbocycles. The van der Waals surface area contributed by atoms with E-state index in [2.05, 4.69) is 10.6 Å². The average molecular weight is 266 g/mol. The van der Waals surface area contributed by atoms with Gasteiger partial charge in [0.1, 0.15) is 11.4 Å². The molecular formula is C13H15FN2O3.